The molecule has 1 heterocycles. The van der Waals surface area contributed by atoms with Gasteiger partial charge in [0.25, 0.3) is 0 Å². The monoisotopic (exact) mass is 290 g/mol. The molecule has 1 atom stereocenters. The van der Waals surface area contributed by atoms with Crippen molar-refractivity contribution >= 4 is 11.3 Å². The fourth-order valence-corrected chi connectivity index (χ4v) is 3.07. The highest BCUT2D eigenvalue weighted by atomic mass is 32.1. The van der Waals surface area contributed by atoms with Crippen molar-refractivity contribution in [2.45, 2.75) is 39.8 Å². The minimum Gasteiger partial charge on any atom is -0.497 e. The number of thiazole rings is 1. The Hall–Kier alpha value is -1.39. The molecule has 0 bridgehead atoms. The number of hydrogen-bond donors (Lipinski definition) is 1. The Balaban J connectivity index is 2.35. The lowest BCUT2D eigenvalue weighted by Crippen LogP contribution is -2.28. The van der Waals surface area contributed by atoms with E-state index in [-0.39, 0.29) is 6.04 Å². The van der Waals surface area contributed by atoms with Crippen molar-refractivity contribution in [1.29, 1.82) is 0 Å². The van der Waals surface area contributed by atoms with Crippen LogP contribution in [-0.2, 0) is 0 Å². The molecule has 4 heteroatoms. The number of ether oxygens (including phenoxy) is 1. The van der Waals surface area contributed by atoms with Gasteiger partial charge in [-0.05, 0) is 45.4 Å². The van der Waals surface area contributed by atoms with Gasteiger partial charge < -0.3 is 10.1 Å². The van der Waals surface area contributed by atoms with Gasteiger partial charge in [0.15, 0.2) is 0 Å². The fraction of sp³-hybridized carbons (Fsp3) is 0.438. The van der Waals surface area contributed by atoms with Crippen LogP contribution in [0.4, 0.5) is 0 Å². The molecule has 0 amide bonds. The van der Waals surface area contributed by atoms with E-state index in [9.17, 15) is 0 Å². The van der Waals surface area contributed by atoms with E-state index >= 15 is 0 Å². The number of benzene rings is 1. The lowest BCUT2D eigenvalue weighted by molar-refractivity contribution is 0.414. The van der Waals surface area contributed by atoms with Gasteiger partial charge in [0.05, 0.1) is 18.8 Å². The van der Waals surface area contributed by atoms with Crippen molar-refractivity contribution in [3.8, 4) is 5.75 Å². The number of aromatic nitrogens is 1. The zero-order chi connectivity index (χ0) is 14.7. The number of rotatable bonds is 5. The zero-order valence-corrected chi connectivity index (χ0v) is 13.5. The SMILES string of the molecule is COc1ccc(C(NC(C)C)c2nc(C)c(C)s2)cc1. The molecule has 0 radical (unpaired) electrons. The third-order valence-corrected chi connectivity index (χ3v) is 4.38. The summed E-state index contributed by atoms with van der Waals surface area (Å²) in [6, 6.07) is 8.73. The molecule has 2 rings (SSSR count). The van der Waals surface area contributed by atoms with Gasteiger partial charge in [0.1, 0.15) is 10.8 Å². The van der Waals surface area contributed by atoms with Gasteiger partial charge in [-0.3, -0.25) is 0 Å². The standard InChI is InChI=1S/C16H22N2OS/c1-10(2)17-15(16-18-11(3)12(4)20-16)13-6-8-14(19-5)9-7-13/h6-10,15,17H,1-5H3. The van der Waals surface area contributed by atoms with Gasteiger partial charge >= 0.3 is 0 Å². The summed E-state index contributed by atoms with van der Waals surface area (Å²) < 4.78 is 5.23. The molecule has 0 fully saturated rings. The second-order valence-corrected chi connectivity index (χ2v) is 6.46. The summed E-state index contributed by atoms with van der Waals surface area (Å²) >= 11 is 1.76. The summed E-state index contributed by atoms with van der Waals surface area (Å²) in [6.45, 7) is 8.50. The van der Waals surface area contributed by atoms with Crippen LogP contribution in [0.2, 0.25) is 0 Å². The minimum absolute atomic E-state index is 0.137. The Labute approximate surface area is 125 Å². The first-order chi connectivity index (χ1) is 9.51. The number of hydrogen-bond acceptors (Lipinski definition) is 4. The van der Waals surface area contributed by atoms with Crippen LogP contribution in [0.25, 0.3) is 0 Å². The number of nitrogens with zero attached hydrogens (tertiary/aromatic N) is 1. The summed E-state index contributed by atoms with van der Waals surface area (Å²) in [4.78, 5) is 5.99. The first-order valence-electron chi connectivity index (χ1n) is 6.85. The van der Waals surface area contributed by atoms with Crippen molar-refractivity contribution in [3.05, 3.63) is 45.4 Å². The highest BCUT2D eigenvalue weighted by Crippen LogP contribution is 2.29. The number of methoxy groups -OCH3 is 1. The smallest absolute Gasteiger partial charge is 0.118 e. The molecule has 1 aromatic carbocycles. The second kappa shape index (κ2) is 6.37. The van der Waals surface area contributed by atoms with Crippen LogP contribution >= 0.6 is 11.3 Å². The molecular formula is C16H22N2OS. The molecule has 0 aliphatic carbocycles. The van der Waals surface area contributed by atoms with E-state index in [1.54, 1.807) is 18.4 Å². The molecule has 108 valence electrons. The number of aryl methyl sites for hydroxylation is 2. The molecule has 0 aliphatic rings. The maximum absolute atomic E-state index is 5.23. The summed E-state index contributed by atoms with van der Waals surface area (Å²) in [5.74, 6) is 0.878. The average Bonchev–Trinajstić information content (AvgIpc) is 2.76. The Morgan fingerprint density at radius 2 is 1.80 bits per heavy atom. The van der Waals surface area contributed by atoms with Crippen molar-refractivity contribution in [3.63, 3.8) is 0 Å². The maximum Gasteiger partial charge on any atom is 0.118 e. The largest absolute Gasteiger partial charge is 0.497 e. The Bertz CT molecular complexity index is 541. The Morgan fingerprint density at radius 1 is 1.15 bits per heavy atom. The molecular weight excluding hydrogens is 268 g/mol. The van der Waals surface area contributed by atoms with E-state index in [0.717, 1.165) is 16.5 Å². The maximum atomic E-state index is 5.23. The predicted molar refractivity (Wildman–Crippen MR) is 84.7 cm³/mol. The van der Waals surface area contributed by atoms with E-state index in [1.807, 2.05) is 12.1 Å². The highest BCUT2D eigenvalue weighted by molar-refractivity contribution is 7.11. The molecule has 2 aromatic rings. The molecule has 0 saturated carbocycles. The summed E-state index contributed by atoms with van der Waals surface area (Å²) in [5, 5.41) is 4.72. The van der Waals surface area contributed by atoms with Gasteiger partial charge in [0.2, 0.25) is 0 Å². The predicted octanol–water partition coefficient (Wildman–Crippen LogP) is 3.86. The average molecular weight is 290 g/mol. The van der Waals surface area contributed by atoms with E-state index in [0.29, 0.717) is 6.04 Å². The summed E-state index contributed by atoms with van der Waals surface area (Å²) in [6.07, 6.45) is 0. The van der Waals surface area contributed by atoms with Gasteiger partial charge in [-0.1, -0.05) is 12.1 Å². The molecule has 20 heavy (non-hydrogen) atoms. The second-order valence-electron chi connectivity index (χ2n) is 5.22. The summed E-state index contributed by atoms with van der Waals surface area (Å²) in [5.41, 5.74) is 2.34. The third kappa shape index (κ3) is 3.38. The van der Waals surface area contributed by atoms with Gasteiger partial charge in [-0.15, -0.1) is 11.3 Å². The van der Waals surface area contributed by atoms with Crippen molar-refractivity contribution in [2.24, 2.45) is 0 Å². The normalized spacial score (nSPS) is 12.7. The van der Waals surface area contributed by atoms with Crippen LogP contribution in [0.1, 0.15) is 41.0 Å². The lowest BCUT2D eigenvalue weighted by Gasteiger charge is -2.20. The molecule has 1 N–H and O–H groups in total. The molecule has 0 saturated heterocycles. The lowest BCUT2D eigenvalue weighted by atomic mass is 10.1. The van der Waals surface area contributed by atoms with E-state index in [4.69, 9.17) is 9.72 Å². The van der Waals surface area contributed by atoms with Crippen LogP contribution < -0.4 is 10.1 Å². The summed E-state index contributed by atoms with van der Waals surface area (Å²) in [7, 11) is 1.69. The van der Waals surface area contributed by atoms with Crippen LogP contribution in [0.15, 0.2) is 24.3 Å². The van der Waals surface area contributed by atoms with Gasteiger partial charge in [-0.2, -0.15) is 0 Å². The van der Waals surface area contributed by atoms with E-state index in [2.05, 4.69) is 45.1 Å². The topological polar surface area (TPSA) is 34.1 Å². The third-order valence-electron chi connectivity index (χ3n) is 3.24. The van der Waals surface area contributed by atoms with Crippen molar-refractivity contribution < 1.29 is 4.74 Å². The van der Waals surface area contributed by atoms with Gasteiger partial charge in [0, 0.05) is 10.9 Å². The van der Waals surface area contributed by atoms with Crippen molar-refractivity contribution in [1.82, 2.24) is 10.3 Å². The van der Waals surface area contributed by atoms with E-state index < -0.39 is 0 Å². The molecule has 1 aromatic heterocycles. The van der Waals surface area contributed by atoms with Gasteiger partial charge in [-0.25, -0.2) is 4.98 Å². The molecule has 0 aliphatic heterocycles. The highest BCUT2D eigenvalue weighted by Gasteiger charge is 2.19. The zero-order valence-electron chi connectivity index (χ0n) is 12.7. The Kier molecular flexibility index (Phi) is 4.78. The molecule has 1 unspecified atom stereocenters. The quantitative estimate of drug-likeness (QED) is 0.908. The minimum atomic E-state index is 0.137. The van der Waals surface area contributed by atoms with Crippen molar-refractivity contribution in [2.75, 3.05) is 7.11 Å². The molecule has 0 spiro atoms. The van der Waals surface area contributed by atoms with Crippen LogP contribution in [0.5, 0.6) is 5.75 Å². The fourth-order valence-electron chi connectivity index (χ4n) is 2.06. The van der Waals surface area contributed by atoms with Crippen LogP contribution in [-0.4, -0.2) is 18.1 Å². The van der Waals surface area contributed by atoms with E-state index in [1.165, 1.54) is 10.4 Å². The number of nitrogens with one attached hydrogen (secondary N) is 1. The first kappa shape index (κ1) is 15.0. The van der Waals surface area contributed by atoms with Crippen LogP contribution in [0, 0.1) is 13.8 Å². The van der Waals surface area contributed by atoms with Crippen LogP contribution in [0.3, 0.4) is 0 Å². The molecule has 3 nitrogen and oxygen atoms in total. The Morgan fingerprint density at radius 3 is 2.25 bits per heavy atom. The first-order valence-corrected chi connectivity index (χ1v) is 7.67.